The highest BCUT2D eigenvalue weighted by Crippen LogP contribution is 2.43. The first-order chi connectivity index (χ1) is 26.7. The Morgan fingerprint density at radius 3 is 1.52 bits per heavy atom. The first kappa shape index (κ1) is 32.0. The third kappa shape index (κ3) is 6.03. The third-order valence-electron chi connectivity index (χ3n) is 10.4. The second kappa shape index (κ2) is 13.7. The Morgan fingerprint density at radius 1 is 0.259 bits per heavy atom. The van der Waals surface area contributed by atoms with Crippen molar-refractivity contribution in [2.45, 2.75) is 0 Å². The summed E-state index contributed by atoms with van der Waals surface area (Å²) in [7, 11) is 0. The Morgan fingerprint density at radius 2 is 0.778 bits per heavy atom. The van der Waals surface area contributed by atoms with E-state index < -0.39 is 0 Å². The van der Waals surface area contributed by atoms with Crippen LogP contribution >= 0.6 is 11.3 Å². The fourth-order valence-electron chi connectivity index (χ4n) is 7.69. The maximum Gasteiger partial charge on any atom is 0.0473 e. The number of hydrogen-bond acceptors (Lipinski definition) is 2. The average molecular weight is 706 g/mol. The molecular weight excluding hydrogens is 671 g/mol. The molecule has 0 bridgehead atoms. The molecule has 0 fully saturated rings. The van der Waals surface area contributed by atoms with E-state index >= 15 is 0 Å². The van der Waals surface area contributed by atoms with Gasteiger partial charge in [0.15, 0.2) is 0 Å². The third-order valence-corrected chi connectivity index (χ3v) is 11.6. The van der Waals surface area contributed by atoms with Crippen LogP contribution in [0.5, 0.6) is 0 Å². The van der Waals surface area contributed by atoms with Crippen LogP contribution in [0.2, 0.25) is 0 Å². The highest BCUT2D eigenvalue weighted by atomic mass is 32.1. The van der Waals surface area contributed by atoms with Crippen LogP contribution in [-0.2, 0) is 0 Å². The zero-order valence-corrected chi connectivity index (χ0v) is 30.4. The van der Waals surface area contributed by atoms with E-state index in [1.807, 2.05) is 11.3 Å². The van der Waals surface area contributed by atoms with Crippen LogP contribution in [-0.4, -0.2) is 0 Å². The maximum absolute atomic E-state index is 2.42. The van der Waals surface area contributed by atoms with Gasteiger partial charge in [-0.05, 0) is 122 Å². The van der Waals surface area contributed by atoms with Gasteiger partial charge in [0.25, 0.3) is 0 Å². The number of benzene rings is 9. The van der Waals surface area contributed by atoms with E-state index in [0.717, 1.165) is 17.1 Å². The fourth-order valence-corrected chi connectivity index (χ4v) is 8.77. The lowest BCUT2D eigenvalue weighted by molar-refractivity contribution is 1.29. The van der Waals surface area contributed by atoms with Crippen molar-refractivity contribution in [2.24, 2.45) is 0 Å². The minimum Gasteiger partial charge on any atom is -0.310 e. The number of anilines is 3. The molecule has 10 aromatic rings. The molecule has 0 aliphatic rings. The fraction of sp³-hybridized carbons (Fsp3) is 0. The van der Waals surface area contributed by atoms with Gasteiger partial charge in [-0.2, -0.15) is 0 Å². The van der Waals surface area contributed by atoms with Gasteiger partial charge in [0.05, 0.1) is 0 Å². The van der Waals surface area contributed by atoms with Crippen LogP contribution in [0.3, 0.4) is 0 Å². The lowest BCUT2D eigenvalue weighted by Crippen LogP contribution is -2.10. The summed E-state index contributed by atoms with van der Waals surface area (Å²) in [6.07, 6.45) is 0. The van der Waals surface area contributed by atoms with E-state index in [9.17, 15) is 0 Å². The summed E-state index contributed by atoms with van der Waals surface area (Å²) in [5.74, 6) is 0. The van der Waals surface area contributed by atoms with E-state index in [2.05, 4.69) is 217 Å². The zero-order valence-electron chi connectivity index (χ0n) is 29.6. The van der Waals surface area contributed by atoms with E-state index in [1.54, 1.807) is 0 Å². The normalized spacial score (nSPS) is 11.3. The Bertz CT molecular complexity index is 2870. The molecule has 9 aromatic carbocycles. The smallest absolute Gasteiger partial charge is 0.0473 e. The Balaban J connectivity index is 1.11. The van der Waals surface area contributed by atoms with Gasteiger partial charge >= 0.3 is 0 Å². The molecule has 1 aromatic heterocycles. The second-order valence-electron chi connectivity index (χ2n) is 13.8. The van der Waals surface area contributed by atoms with Crippen molar-refractivity contribution in [2.75, 3.05) is 4.90 Å². The molecule has 1 nitrogen and oxygen atoms in total. The van der Waals surface area contributed by atoms with Crippen LogP contribution in [0.1, 0.15) is 0 Å². The summed E-state index contributed by atoms with van der Waals surface area (Å²) in [6, 6.07) is 77.3. The predicted molar refractivity (Wildman–Crippen MR) is 233 cm³/mol. The Labute approximate surface area is 319 Å². The zero-order chi connectivity index (χ0) is 35.8. The number of hydrogen-bond donors (Lipinski definition) is 0. The van der Waals surface area contributed by atoms with Gasteiger partial charge in [-0.25, -0.2) is 0 Å². The number of thiophene rings is 1. The topological polar surface area (TPSA) is 3.24 Å². The molecule has 0 radical (unpaired) electrons. The van der Waals surface area contributed by atoms with Crippen LogP contribution in [0.15, 0.2) is 212 Å². The molecular formula is C52H35NS. The molecule has 0 N–H and O–H groups in total. The Hall–Kier alpha value is -6.74. The first-order valence-corrected chi connectivity index (χ1v) is 19.2. The van der Waals surface area contributed by atoms with Crippen molar-refractivity contribution in [3.05, 3.63) is 212 Å². The van der Waals surface area contributed by atoms with Crippen LogP contribution in [0, 0.1) is 0 Å². The van der Waals surface area contributed by atoms with Crippen LogP contribution in [0.4, 0.5) is 17.1 Å². The van der Waals surface area contributed by atoms with Crippen molar-refractivity contribution in [1.29, 1.82) is 0 Å². The predicted octanol–water partition coefficient (Wildman–Crippen LogP) is 15.3. The molecule has 1 heterocycles. The first-order valence-electron chi connectivity index (χ1n) is 18.4. The minimum atomic E-state index is 1.10. The standard InChI is InChI=1S/C52H35NS/c1-3-12-36(13-4-1)44-32-45(37-14-5-2-6-15-37)34-48(33-44)53(47-28-29-52-50(35-47)49-20-9-10-21-51(49)54-52)46-26-24-39(25-27-46)41-18-11-19-42(30-41)43-23-22-38-16-7-8-17-40(38)31-43/h1-35H. The monoisotopic (exact) mass is 705 g/mol. The van der Waals surface area contributed by atoms with Crippen molar-refractivity contribution < 1.29 is 0 Å². The van der Waals surface area contributed by atoms with Crippen molar-refractivity contribution in [1.82, 2.24) is 0 Å². The van der Waals surface area contributed by atoms with Gasteiger partial charge in [-0.1, -0.05) is 146 Å². The largest absolute Gasteiger partial charge is 0.310 e. The second-order valence-corrected chi connectivity index (χ2v) is 14.9. The number of fused-ring (bicyclic) bond motifs is 4. The van der Waals surface area contributed by atoms with Gasteiger partial charge in [-0.15, -0.1) is 11.3 Å². The summed E-state index contributed by atoms with van der Waals surface area (Å²) < 4.78 is 2.61. The van der Waals surface area contributed by atoms with Crippen LogP contribution < -0.4 is 4.90 Å². The van der Waals surface area contributed by atoms with E-state index in [0.29, 0.717) is 0 Å². The van der Waals surface area contributed by atoms with Gasteiger partial charge in [-0.3, -0.25) is 0 Å². The van der Waals surface area contributed by atoms with Gasteiger partial charge in [0.1, 0.15) is 0 Å². The molecule has 0 unspecified atom stereocenters. The molecule has 0 saturated heterocycles. The highest BCUT2D eigenvalue weighted by molar-refractivity contribution is 7.25. The van der Waals surface area contributed by atoms with E-state index in [4.69, 9.17) is 0 Å². The molecule has 0 aliphatic heterocycles. The molecule has 0 aliphatic carbocycles. The van der Waals surface area contributed by atoms with Crippen molar-refractivity contribution >= 4 is 59.3 Å². The molecule has 54 heavy (non-hydrogen) atoms. The average Bonchev–Trinajstić information content (AvgIpc) is 3.62. The summed E-state index contributed by atoms with van der Waals surface area (Å²) in [6.45, 7) is 0. The molecule has 254 valence electrons. The molecule has 2 heteroatoms. The summed E-state index contributed by atoms with van der Waals surface area (Å²) in [5.41, 5.74) is 12.9. The minimum absolute atomic E-state index is 1.10. The maximum atomic E-state index is 2.42. The van der Waals surface area contributed by atoms with Gasteiger partial charge < -0.3 is 4.90 Å². The highest BCUT2D eigenvalue weighted by Gasteiger charge is 2.18. The summed E-state index contributed by atoms with van der Waals surface area (Å²) >= 11 is 1.85. The van der Waals surface area contributed by atoms with Crippen LogP contribution in [0.25, 0.3) is 75.5 Å². The SMILES string of the molecule is c1ccc(-c2cc(-c3ccccc3)cc(N(c3ccc(-c4cccc(-c5ccc6ccccc6c5)c4)cc3)c3ccc4sc5ccccc5c4c3)c2)cc1. The number of rotatable bonds is 7. The lowest BCUT2D eigenvalue weighted by atomic mass is 9.96. The summed E-state index contributed by atoms with van der Waals surface area (Å²) in [5, 5.41) is 5.09. The molecule has 0 atom stereocenters. The van der Waals surface area contributed by atoms with E-state index in [1.165, 1.54) is 75.5 Å². The molecule has 0 spiro atoms. The lowest BCUT2D eigenvalue weighted by Gasteiger charge is -2.27. The molecule has 0 saturated carbocycles. The summed E-state index contributed by atoms with van der Waals surface area (Å²) in [4.78, 5) is 2.42. The van der Waals surface area contributed by atoms with Gasteiger partial charge in [0, 0.05) is 37.2 Å². The van der Waals surface area contributed by atoms with Gasteiger partial charge in [0.2, 0.25) is 0 Å². The molecule has 0 amide bonds. The molecule has 10 rings (SSSR count). The van der Waals surface area contributed by atoms with E-state index in [-0.39, 0.29) is 0 Å². The quantitative estimate of drug-likeness (QED) is 0.160. The van der Waals surface area contributed by atoms with Crippen molar-refractivity contribution in [3.8, 4) is 44.5 Å². The van der Waals surface area contributed by atoms with Crippen molar-refractivity contribution in [3.63, 3.8) is 0 Å². The Kier molecular flexibility index (Phi) is 8.09. The number of nitrogens with zero attached hydrogens (tertiary/aromatic N) is 1.